The second-order valence-electron chi connectivity index (χ2n) is 7.14. The zero-order chi connectivity index (χ0) is 18.3. The number of ether oxygens (including phenoxy) is 2. The van der Waals surface area contributed by atoms with Crippen molar-refractivity contribution in [3.63, 3.8) is 0 Å². The summed E-state index contributed by atoms with van der Waals surface area (Å²) in [7, 11) is 1.67. The lowest BCUT2D eigenvalue weighted by atomic mass is 10.1. The van der Waals surface area contributed by atoms with E-state index >= 15 is 0 Å². The first-order valence-electron chi connectivity index (χ1n) is 8.56. The molecule has 0 spiro atoms. The average molecular weight is 347 g/mol. The first-order chi connectivity index (χ1) is 11.9. The van der Waals surface area contributed by atoms with Crippen molar-refractivity contribution in [1.82, 2.24) is 4.90 Å². The maximum Gasteiger partial charge on any atom is 0.123 e. The summed E-state index contributed by atoms with van der Waals surface area (Å²) in [6.07, 6.45) is 1.08. The molecule has 0 aliphatic carbocycles. The SMILES string of the molecule is COc1ccccc1CN(Cc1ccco1)C[C@@H](O)COC(C)(C)C. The van der Waals surface area contributed by atoms with Crippen LogP contribution in [0.4, 0.5) is 0 Å². The summed E-state index contributed by atoms with van der Waals surface area (Å²) >= 11 is 0. The van der Waals surface area contributed by atoms with Crippen molar-refractivity contribution in [3.8, 4) is 5.75 Å². The Bertz CT molecular complexity index is 619. The van der Waals surface area contributed by atoms with Gasteiger partial charge in [-0.15, -0.1) is 0 Å². The monoisotopic (exact) mass is 347 g/mol. The zero-order valence-electron chi connectivity index (χ0n) is 15.6. The van der Waals surface area contributed by atoms with E-state index in [4.69, 9.17) is 13.9 Å². The number of aliphatic hydroxyl groups excluding tert-OH is 1. The van der Waals surface area contributed by atoms with E-state index in [1.807, 2.05) is 57.2 Å². The van der Waals surface area contributed by atoms with Gasteiger partial charge < -0.3 is 19.0 Å². The number of para-hydroxylation sites is 1. The molecule has 0 bridgehead atoms. The Morgan fingerprint density at radius 2 is 1.88 bits per heavy atom. The normalized spacial score (nSPS) is 13.2. The summed E-state index contributed by atoms with van der Waals surface area (Å²) in [5, 5.41) is 10.4. The van der Waals surface area contributed by atoms with Gasteiger partial charge in [0.15, 0.2) is 0 Å². The molecule has 0 fully saturated rings. The van der Waals surface area contributed by atoms with Gasteiger partial charge in [0, 0.05) is 18.7 Å². The van der Waals surface area contributed by atoms with E-state index in [-0.39, 0.29) is 5.60 Å². The van der Waals surface area contributed by atoms with Gasteiger partial charge in [-0.25, -0.2) is 0 Å². The highest BCUT2D eigenvalue weighted by Gasteiger charge is 2.18. The molecule has 0 amide bonds. The van der Waals surface area contributed by atoms with Crippen LogP contribution in [0.5, 0.6) is 5.75 Å². The minimum absolute atomic E-state index is 0.268. The number of hydrogen-bond donors (Lipinski definition) is 1. The van der Waals surface area contributed by atoms with Crippen LogP contribution in [0.1, 0.15) is 32.1 Å². The number of rotatable bonds is 9. The zero-order valence-corrected chi connectivity index (χ0v) is 15.6. The molecule has 1 atom stereocenters. The van der Waals surface area contributed by atoms with Crippen LogP contribution in [-0.4, -0.2) is 42.0 Å². The molecule has 0 aliphatic rings. The van der Waals surface area contributed by atoms with Gasteiger partial charge >= 0.3 is 0 Å². The van der Waals surface area contributed by atoms with Crippen LogP contribution in [0.15, 0.2) is 47.1 Å². The summed E-state index contributed by atoms with van der Waals surface area (Å²) in [5.74, 6) is 1.70. The van der Waals surface area contributed by atoms with E-state index < -0.39 is 6.10 Å². The minimum atomic E-state index is -0.580. The molecule has 0 unspecified atom stereocenters. The van der Waals surface area contributed by atoms with Crippen LogP contribution in [0.3, 0.4) is 0 Å². The minimum Gasteiger partial charge on any atom is -0.496 e. The number of hydrogen-bond acceptors (Lipinski definition) is 5. The van der Waals surface area contributed by atoms with Gasteiger partial charge in [0.25, 0.3) is 0 Å². The van der Waals surface area contributed by atoms with Crippen molar-refractivity contribution in [2.24, 2.45) is 0 Å². The number of furan rings is 1. The second kappa shape index (κ2) is 9.04. The van der Waals surface area contributed by atoms with Crippen LogP contribution in [0.25, 0.3) is 0 Å². The molecule has 2 rings (SSSR count). The van der Waals surface area contributed by atoms with E-state index in [0.29, 0.717) is 26.2 Å². The van der Waals surface area contributed by atoms with Crippen molar-refractivity contribution in [1.29, 1.82) is 0 Å². The number of nitrogens with zero attached hydrogens (tertiary/aromatic N) is 1. The van der Waals surface area contributed by atoms with E-state index in [9.17, 15) is 5.11 Å². The Balaban J connectivity index is 2.04. The van der Waals surface area contributed by atoms with Gasteiger partial charge in [-0.1, -0.05) is 18.2 Å². The fraction of sp³-hybridized carbons (Fsp3) is 0.500. The maximum absolute atomic E-state index is 10.4. The molecule has 0 saturated heterocycles. The van der Waals surface area contributed by atoms with Gasteiger partial charge in [-0.3, -0.25) is 4.90 Å². The van der Waals surface area contributed by atoms with Crippen molar-refractivity contribution >= 4 is 0 Å². The van der Waals surface area contributed by atoms with Gasteiger partial charge in [0.2, 0.25) is 0 Å². The van der Waals surface area contributed by atoms with E-state index in [2.05, 4.69) is 4.90 Å². The first kappa shape index (κ1) is 19.5. The Morgan fingerprint density at radius 3 is 2.52 bits per heavy atom. The lowest BCUT2D eigenvalue weighted by Gasteiger charge is -2.27. The van der Waals surface area contributed by atoms with Crippen molar-refractivity contribution in [2.75, 3.05) is 20.3 Å². The lowest BCUT2D eigenvalue weighted by molar-refractivity contribution is -0.0576. The van der Waals surface area contributed by atoms with Crippen LogP contribution in [-0.2, 0) is 17.8 Å². The maximum atomic E-state index is 10.4. The van der Waals surface area contributed by atoms with Crippen LogP contribution in [0.2, 0.25) is 0 Å². The predicted octanol–water partition coefficient (Wildman–Crippen LogP) is 3.47. The van der Waals surface area contributed by atoms with E-state index in [1.165, 1.54) is 0 Å². The van der Waals surface area contributed by atoms with Crippen LogP contribution >= 0.6 is 0 Å². The van der Waals surface area contributed by atoms with Gasteiger partial charge in [0.05, 0.1) is 38.2 Å². The molecule has 2 aromatic rings. The highest BCUT2D eigenvalue weighted by molar-refractivity contribution is 5.33. The Hall–Kier alpha value is -1.82. The Kier molecular flexibility index (Phi) is 7.05. The van der Waals surface area contributed by atoms with Crippen molar-refractivity contribution < 1.29 is 19.0 Å². The molecule has 138 valence electrons. The third-order valence-corrected chi connectivity index (χ3v) is 3.72. The predicted molar refractivity (Wildman–Crippen MR) is 97.5 cm³/mol. The fourth-order valence-electron chi connectivity index (χ4n) is 2.58. The molecule has 0 saturated carbocycles. The van der Waals surface area contributed by atoms with Gasteiger partial charge in [0.1, 0.15) is 11.5 Å². The Morgan fingerprint density at radius 1 is 1.12 bits per heavy atom. The summed E-state index contributed by atoms with van der Waals surface area (Å²) in [6, 6.07) is 11.7. The van der Waals surface area contributed by atoms with E-state index in [0.717, 1.165) is 17.1 Å². The molecular formula is C20H29NO4. The molecule has 0 aliphatic heterocycles. The topological polar surface area (TPSA) is 55.1 Å². The Labute approximate surface area is 150 Å². The molecule has 1 heterocycles. The van der Waals surface area contributed by atoms with Crippen LogP contribution < -0.4 is 4.74 Å². The summed E-state index contributed by atoms with van der Waals surface area (Å²) in [6.45, 7) is 7.98. The second-order valence-corrected chi connectivity index (χ2v) is 7.14. The van der Waals surface area contributed by atoms with Gasteiger partial charge in [-0.05, 0) is 39.0 Å². The number of methoxy groups -OCH3 is 1. The average Bonchev–Trinajstić information content (AvgIpc) is 3.06. The summed E-state index contributed by atoms with van der Waals surface area (Å²) < 4.78 is 16.6. The molecule has 25 heavy (non-hydrogen) atoms. The van der Waals surface area contributed by atoms with E-state index in [1.54, 1.807) is 13.4 Å². The van der Waals surface area contributed by atoms with Crippen molar-refractivity contribution in [2.45, 2.75) is 45.6 Å². The molecule has 5 nitrogen and oxygen atoms in total. The summed E-state index contributed by atoms with van der Waals surface area (Å²) in [4.78, 5) is 2.13. The lowest BCUT2D eigenvalue weighted by Crippen LogP contribution is -2.36. The molecule has 0 radical (unpaired) electrons. The third-order valence-electron chi connectivity index (χ3n) is 3.72. The third kappa shape index (κ3) is 6.90. The molecule has 1 N–H and O–H groups in total. The number of benzene rings is 1. The first-order valence-corrected chi connectivity index (χ1v) is 8.56. The van der Waals surface area contributed by atoms with Gasteiger partial charge in [-0.2, -0.15) is 0 Å². The summed E-state index contributed by atoms with van der Waals surface area (Å²) in [5.41, 5.74) is 0.802. The van der Waals surface area contributed by atoms with Crippen LogP contribution in [0, 0.1) is 0 Å². The quantitative estimate of drug-likeness (QED) is 0.753. The molecule has 1 aromatic heterocycles. The molecule has 5 heteroatoms. The number of aliphatic hydroxyl groups is 1. The largest absolute Gasteiger partial charge is 0.496 e. The highest BCUT2D eigenvalue weighted by atomic mass is 16.5. The smallest absolute Gasteiger partial charge is 0.123 e. The molecular weight excluding hydrogens is 318 g/mol. The fourth-order valence-corrected chi connectivity index (χ4v) is 2.58. The van der Waals surface area contributed by atoms with Crippen molar-refractivity contribution in [3.05, 3.63) is 54.0 Å². The highest BCUT2D eigenvalue weighted by Crippen LogP contribution is 2.21. The molecule has 1 aromatic carbocycles. The standard InChI is InChI=1S/C20H29NO4/c1-20(2,3)25-15-17(22)13-21(14-18-9-7-11-24-18)12-16-8-5-6-10-19(16)23-4/h5-11,17,22H,12-15H2,1-4H3/t17-/m1/s1.